The summed E-state index contributed by atoms with van der Waals surface area (Å²) in [4.78, 5) is 15.6. The highest BCUT2D eigenvalue weighted by atomic mass is 16.3. The average molecular weight is 732 g/mol. The molecular formula is C51H33N5O. The molecule has 0 fully saturated rings. The third-order valence-corrected chi connectivity index (χ3v) is 11.5. The molecular weight excluding hydrogens is 699 g/mol. The number of rotatable bonds is 5. The minimum Gasteiger partial charge on any atom is -0.452 e. The second-order valence-electron chi connectivity index (χ2n) is 14.7. The number of fused-ring (bicyclic) bond motifs is 11. The zero-order valence-corrected chi connectivity index (χ0v) is 30.7. The van der Waals surface area contributed by atoms with E-state index in [1.54, 1.807) is 0 Å². The molecule has 12 rings (SSSR count). The van der Waals surface area contributed by atoms with Gasteiger partial charge >= 0.3 is 0 Å². The summed E-state index contributed by atoms with van der Waals surface area (Å²) < 4.78 is 11.9. The Kier molecular flexibility index (Phi) is 6.95. The van der Waals surface area contributed by atoms with Gasteiger partial charge in [0.05, 0.1) is 17.1 Å². The van der Waals surface area contributed by atoms with Crippen LogP contribution in [0.4, 0.5) is 0 Å². The lowest BCUT2D eigenvalue weighted by molar-refractivity contribution is 0.635. The van der Waals surface area contributed by atoms with Crippen molar-refractivity contribution >= 4 is 65.6 Å². The highest BCUT2D eigenvalue weighted by molar-refractivity contribution is 6.26. The minimum atomic E-state index is 0.171. The number of nitrogens with zero attached hydrogens (tertiary/aromatic N) is 5. The summed E-state index contributed by atoms with van der Waals surface area (Å²) in [6.45, 7) is 0. The fourth-order valence-corrected chi connectivity index (χ4v) is 8.88. The van der Waals surface area contributed by atoms with Crippen LogP contribution < -0.4 is 0 Å². The van der Waals surface area contributed by atoms with Crippen LogP contribution in [-0.2, 0) is 0 Å². The summed E-state index contributed by atoms with van der Waals surface area (Å²) in [5.74, 6) is 1.73. The second kappa shape index (κ2) is 12.5. The van der Waals surface area contributed by atoms with E-state index in [0.717, 1.165) is 77.9 Å². The van der Waals surface area contributed by atoms with Crippen LogP contribution in [0.15, 0.2) is 186 Å². The monoisotopic (exact) mass is 731 g/mol. The number of benzene rings is 7. The summed E-state index contributed by atoms with van der Waals surface area (Å²) in [6.07, 6.45) is 9.74. The molecule has 1 unspecified atom stereocenters. The molecule has 268 valence electrons. The fourth-order valence-electron chi connectivity index (χ4n) is 8.88. The first kappa shape index (κ1) is 31.7. The largest absolute Gasteiger partial charge is 0.452 e. The molecule has 1 aliphatic carbocycles. The number of allylic oxidation sites excluding steroid dienone is 4. The van der Waals surface area contributed by atoms with Gasteiger partial charge in [0.15, 0.2) is 22.8 Å². The Bertz CT molecular complexity index is 3420. The maximum Gasteiger partial charge on any atom is 0.238 e. The van der Waals surface area contributed by atoms with Crippen molar-refractivity contribution in [2.75, 3.05) is 0 Å². The fraction of sp³-hybridized carbons (Fsp3) is 0.0392. The molecule has 6 nitrogen and oxygen atoms in total. The molecule has 4 heterocycles. The van der Waals surface area contributed by atoms with Gasteiger partial charge in [-0.1, -0.05) is 158 Å². The number of hydrogen-bond acceptors (Lipinski definition) is 4. The van der Waals surface area contributed by atoms with Crippen LogP contribution in [0.1, 0.15) is 12.5 Å². The number of furan rings is 1. The summed E-state index contributed by atoms with van der Waals surface area (Å²) in [6, 6.07) is 55.3. The summed E-state index contributed by atoms with van der Waals surface area (Å²) in [5.41, 5.74) is 10.0. The van der Waals surface area contributed by atoms with Crippen LogP contribution in [0, 0.1) is 0 Å². The molecule has 0 saturated carbocycles. The molecule has 0 aliphatic heterocycles. The Balaban J connectivity index is 1.15. The highest BCUT2D eigenvalue weighted by Gasteiger charge is 2.25. The van der Waals surface area contributed by atoms with Gasteiger partial charge in [-0.2, -0.15) is 9.97 Å². The Labute approximate surface area is 327 Å². The third kappa shape index (κ3) is 4.87. The summed E-state index contributed by atoms with van der Waals surface area (Å²) in [5, 5.41) is 6.71. The van der Waals surface area contributed by atoms with E-state index in [1.807, 2.05) is 36.4 Å². The minimum absolute atomic E-state index is 0.171. The molecule has 1 atom stereocenters. The van der Waals surface area contributed by atoms with E-state index in [-0.39, 0.29) is 6.04 Å². The van der Waals surface area contributed by atoms with Crippen molar-refractivity contribution in [3.63, 3.8) is 0 Å². The van der Waals surface area contributed by atoms with Gasteiger partial charge in [0.2, 0.25) is 5.95 Å². The van der Waals surface area contributed by atoms with Crippen molar-refractivity contribution < 1.29 is 4.42 Å². The van der Waals surface area contributed by atoms with Crippen molar-refractivity contribution in [1.82, 2.24) is 24.1 Å². The van der Waals surface area contributed by atoms with Gasteiger partial charge in [0.1, 0.15) is 5.52 Å². The quantitative estimate of drug-likeness (QED) is 0.177. The van der Waals surface area contributed by atoms with Crippen molar-refractivity contribution in [3.8, 4) is 39.9 Å². The predicted octanol–water partition coefficient (Wildman–Crippen LogP) is 13.0. The topological polar surface area (TPSA) is 61.7 Å². The van der Waals surface area contributed by atoms with Gasteiger partial charge in [0, 0.05) is 49.0 Å². The van der Waals surface area contributed by atoms with Crippen LogP contribution in [0.5, 0.6) is 0 Å². The van der Waals surface area contributed by atoms with Crippen molar-refractivity contribution in [1.29, 1.82) is 0 Å². The van der Waals surface area contributed by atoms with Gasteiger partial charge in [-0.15, -0.1) is 0 Å². The maximum atomic E-state index is 7.26. The first-order chi connectivity index (χ1) is 28.3. The smallest absolute Gasteiger partial charge is 0.238 e. The lowest BCUT2D eigenvalue weighted by Crippen LogP contribution is -2.06. The summed E-state index contributed by atoms with van der Waals surface area (Å²) in [7, 11) is 0. The van der Waals surface area contributed by atoms with Gasteiger partial charge in [-0.05, 0) is 41.8 Å². The molecule has 0 amide bonds. The predicted molar refractivity (Wildman–Crippen MR) is 233 cm³/mol. The molecule has 0 bridgehead atoms. The van der Waals surface area contributed by atoms with E-state index < -0.39 is 0 Å². The molecule has 0 N–H and O–H groups in total. The molecule has 0 spiro atoms. The second-order valence-corrected chi connectivity index (χ2v) is 14.7. The lowest BCUT2D eigenvalue weighted by Gasteiger charge is -2.18. The van der Waals surface area contributed by atoms with Crippen LogP contribution in [0.3, 0.4) is 0 Å². The Morgan fingerprint density at radius 3 is 1.65 bits per heavy atom. The third-order valence-electron chi connectivity index (χ3n) is 11.5. The normalized spacial score (nSPS) is 14.3. The van der Waals surface area contributed by atoms with E-state index in [0.29, 0.717) is 17.6 Å². The number of para-hydroxylation sites is 2. The van der Waals surface area contributed by atoms with Gasteiger partial charge in [-0.3, -0.25) is 4.57 Å². The van der Waals surface area contributed by atoms with E-state index >= 15 is 0 Å². The van der Waals surface area contributed by atoms with Crippen molar-refractivity contribution in [3.05, 3.63) is 182 Å². The van der Waals surface area contributed by atoms with Crippen molar-refractivity contribution in [2.24, 2.45) is 0 Å². The molecule has 11 aromatic rings. The molecule has 7 aromatic carbocycles. The zero-order chi connectivity index (χ0) is 37.5. The standard InChI is InChI=1S/C51H33N5O/c1-4-14-32(15-5-1)33-24-26-35(27-25-33)50-52-49(34-16-6-2-7-17-34)53-51(54-50)56-44-23-13-11-21-38(44)40-29-31-42-41-30-28-39-37-20-10-12-22-43(37)55(36-18-8-3-9-19-36)45(39)47(41)57-48(42)46(40)56/h1-18,20-31,36H,19H2. The van der Waals surface area contributed by atoms with Gasteiger partial charge < -0.3 is 8.98 Å². The van der Waals surface area contributed by atoms with Crippen LogP contribution in [-0.4, -0.2) is 24.1 Å². The van der Waals surface area contributed by atoms with Crippen LogP contribution in [0.25, 0.3) is 105 Å². The molecule has 0 saturated heterocycles. The van der Waals surface area contributed by atoms with E-state index in [9.17, 15) is 0 Å². The first-order valence-electron chi connectivity index (χ1n) is 19.4. The van der Waals surface area contributed by atoms with E-state index in [4.69, 9.17) is 19.4 Å². The molecule has 0 radical (unpaired) electrons. The zero-order valence-electron chi connectivity index (χ0n) is 30.7. The van der Waals surface area contributed by atoms with E-state index in [1.165, 1.54) is 16.3 Å². The Morgan fingerprint density at radius 1 is 0.439 bits per heavy atom. The van der Waals surface area contributed by atoms with E-state index in [2.05, 4.69) is 155 Å². The number of hydrogen-bond donors (Lipinski definition) is 0. The Morgan fingerprint density at radius 2 is 0.965 bits per heavy atom. The molecule has 57 heavy (non-hydrogen) atoms. The molecule has 4 aromatic heterocycles. The maximum absolute atomic E-state index is 7.26. The number of aromatic nitrogens is 5. The SMILES string of the molecule is C1=CCC(n2c3ccccc3c3ccc4c5ccc6c7ccccc7n(-c7nc(-c8ccccc8)nc(-c8ccc(-c9ccccc9)cc8)n7)c6c5oc4c32)C=C1. The highest BCUT2D eigenvalue weighted by Crippen LogP contribution is 2.45. The first-order valence-corrected chi connectivity index (χ1v) is 19.4. The van der Waals surface area contributed by atoms with Crippen LogP contribution >= 0.6 is 0 Å². The van der Waals surface area contributed by atoms with Crippen molar-refractivity contribution in [2.45, 2.75) is 12.5 Å². The Hall–Kier alpha value is -7.57. The molecule has 6 heteroatoms. The summed E-state index contributed by atoms with van der Waals surface area (Å²) >= 11 is 0. The molecule has 1 aliphatic rings. The average Bonchev–Trinajstić information content (AvgIpc) is 3.95. The van der Waals surface area contributed by atoms with Gasteiger partial charge in [-0.25, -0.2) is 4.98 Å². The van der Waals surface area contributed by atoms with Crippen LogP contribution in [0.2, 0.25) is 0 Å². The van der Waals surface area contributed by atoms with Gasteiger partial charge in [0.25, 0.3) is 0 Å². The lowest BCUT2D eigenvalue weighted by atomic mass is 10.0.